The van der Waals surface area contributed by atoms with Gasteiger partial charge in [-0.3, -0.25) is 5.10 Å². The van der Waals surface area contributed by atoms with Crippen molar-refractivity contribution >= 4 is 23.7 Å². The van der Waals surface area contributed by atoms with Crippen molar-refractivity contribution in [2.45, 2.75) is 50.5 Å². The molecule has 1 aliphatic carbocycles. The predicted molar refractivity (Wildman–Crippen MR) is 132 cm³/mol. The summed E-state index contributed by atoms with van der Waals surface area (Å²) in [6, 6.07) is 15.2. The number of rotatable bonds is 6. The van der Waals surface area contributed by atoms with E-state index in [4.69, 9.17) is 15.1 Å². The van der Waals surface area contributed by atoms with E-state index >= 15 is 0 Å². The molecule has 7 heteroatoms. The maximum absolute atomic E-state index is 8.23. The maximum Gasteiger partial charge on any atom is 0.153 e. The molecule has 5 rings (SSSR count). The number of hydrogen-bond donors (Lipinski definition) is 3. The Balaban J connectivity index is 1.47. The second kappa shape index (κ2) is 9.75. The molecule has 0 amide bonds. The number of hydrogen-bond acceptors (Lipinski definition) is 6. The molecule has 1 aliphatic heterocycles. The van der Waals surface area contributed by atoms with Gasteiger partial charge in [0.05, 0.1) is 19.3 Å². The number of aromatic nitrogens is 3. The van der Waals surface area contributed by atoms with Crippen LogP contribution in [0.3, 0.4) is 0 Å². The van der Waals surface area contributed by atoms with Crippen molar-refractivity contribution in [3.63, 3.8) is 0 Å². The molecular weight excluding hydrogens is 412 g/mol. The van der Waals surface area contributed by atoms with Gasteiger partial charge in [-0.25, -0.2) is 4.98 Å². The van der Waals surface area contributed by atoms with Crippen molar-refractivity contribution in [1.29, 1.82) is 5.41 Å². The Morgan fingerprint density at radius 2 is 1.91 bits per heavy atom. The zero-order valence-corrected chi connectivity index (χ0v) is 19.1. The molecule has 2 aliphatic rings. The summed E-state index contributed by atoms with van der Waals surface area (Å²) >= 11 is 0. The zero-order chi connectivity index (χ0) is 22.6. The van der Waals surface area contributed by atoms with E-state index in [1.807, 2.05) is 6.07 Å². The van der Waals surface area contributed by atoms with Crippen LogP contribution in [0.2, 0.25) is 0 Å². The Hall–Kier alpha value is -3.19. The predicted octanol–water partition coefficient (Wildman–Crippen LogP) is 5.21. The minimum Gasteiger partial charge on any atom is -0.377 e. The number of anilines is 3. The van der Waals surface area contributed by atoms with Crippen LogP contribution in [0.1, 0.15) is 61.1 Å². The summed E-state index contributed by atoms with van der Waals surface area (Å²) in [7, 11) is 0. The lowest BCUT2D eigenvalue weighted by molar-refractivity contribution is 0.0985. The molecule has 33 heavy (non-hydrogen) atoms. The molecule has 3 N–H and O–H groups in total. The molecule has 3 heterocycles. The highest BCUT2D eigenvalue weighted by molar-refractivity contribution is 5.88. The summed E-state index contributed by atoms with van der Waals surface area (Å²) in [6.07, 6.45) is 7.80. The first kappa shape index (κ1) is 21.6. The fourth-order valence-corrected chi connectivity index (χ4v) is 5.27. The molecule has 0 radical (unpaired) electrons. The number of ether oxygens (including phenoxy) is 1. The molecule has 2 aromatic heterocycles. The van der Waals surface area contributed by atoms with E-state index in [1.165, 1.54) is 30.2 Å². The Morgan fingerprint density at radius 1 is 1.12 bits per heavy atom. The van der Waals surface area contributed by atoms with E-state index in [0.29, 0.717) is 36.7 Å². The van der Waals surface area contributed by atoms with Gasteiger partial charge in [-0.2, -0.15) is 5.10 Å². The Labute approximate surface area is 195 Å². The molecule has 7 nitrogen and oxygen atoms in total. The molecule has 3 aromatic rings. The minimum absolute atomic E-state index is 0.261. The second-order valence-electron chi connectivity index (χ2n) is 9.14. The highest BCUT2D eigenvalue weighted by Crippen LogP contribution is 2.43. The smallest absolute Gasteiger partial charge is 0.153 e. The average Bonchev–Trinajstić information content (AvgIpc) is 3.38. The summed E-state index contributed by atoms with van der Waals surface area (Å²) < 4.78 is 5.66. The van der Waals surface area contributed by atoms with Gasteiger partial charge in [0.2, 0.25) is 0 Å². The van der Waals surface area contributed by atoms with Crippen molar-refractivity contribution in [3.8, 4) is 0 Å². The molecule has 1 saturated carbocycles. The molecule has 0 spiro atoms. The van der Waals surface area contributed by atoms with Gasteiger partial charge in [0.25, 0.3) is 0 Å². The summed E-state index contributed by atoms with van der Waals surface area (Å²) in [5, 5.41) is 18.7. The van der Waals surface area contributed by atoms with E-state index in [-0.39, 0.29) is 6.04 Å². The summed E-state index contributed by atoms with van der Waals surface area (Å²) in [5.74, 6) is 3.40. The van der Waals surface area contributed by atoms with Gasteiger partial charge >= 0.3 is 0 Å². The topological polar surface area (TPSA) is 89.9 Å². The molecule has 1 saturated heterocycles. The Bertz CT molecular complexity index is 1060. The molecule has 172 valence electrons. The monoisotopic (exact) mass is 444 g/mol. The standard InChI is InChI=1S/C26H32N6O/c1-18-17-33-14-13-32(18)25-15-22(23(16-27)26(30-25)29-24-11-12-28-31-24)21-9-7-20(8-10-21)19-5-3-2-4-6-19/h2-6,11-12,15-16,18,20-21,27H,7-10,13-14,17H2,1H3,(H2,28,29,30,31)/t18-,20-,21+/m1/s1. The van der Waals surface area contributed by atoms with Gasteiger partial charge in [-0.05, 0) is 61.6 Å². The van der Waals surface area contributed by atoms with Gasteiger partial charge in [-0.15, -0.1) is 0 Å². The van der Waals surface area contributed by atoms with Gasteiger partial charge in [-0.1, -0.05) is 30.3 Å². The van der Waals surface area contributed by atoms with Gasteiger partial charge in [0.1, 0.15) is 11.6 Å². The lowest BCUT2D eigenvalue weighted by Crippen LogP contribution is -2.44. The number of benzene rings is 1. The van der Waals surface area contributed by atoms with Gasteiger partial charge in [0, 0.05) is 30.6 Å². The average molecular weight is 445 g/mol. The first-order chi connectivity index (χ1) is 16.2. The van der Waals surface area contributed by atoms with Crippen LogP contribution in [0.25, 0.3) is 0 Å². The summed E-state index contributed by atoms with van der Waals surface area (Å²) in [4.78, 5) is 7.29. The number of aromatic amines is 1. The maximum atomic E-state index is 8.23. The van der Waals surface area contributed by atoms with Crippen LogP contribution < -0.4 is 10.2 Å². The summed E-state index contributed by atoms with van der Waals surface area (Å²) in [5.41, 5.74) is 3.53. The van der Waals surface area contributed by atoms with E-state index < -0.39 is 0 Å². The van der Waals surface area contributed by atoms with E-state index in [0.717, 1.165) is 30.8 Å². The normalized spacial score (nSPS) is 23.3. The summed E-state index contributed by atoms with van der Waals surface area (Å²) in [6.45, 7) is 4.41. The quantitative estimate of drug-likeness (QED) is 0.454. The molecule has 2 fully saturated rings. The molecule has 0 bridgehead atoms. The fourth-order valence-electron chi connectivity index (χ4n) is 5.27. The zero-order valence-electron chi connectivity index (χ0n) is 19.1. The van der Waals surface area contributed by atoms with Gasteiger partial charge in [0.15, 0.2) is 5.82 Å². The number of nitrogens with zero attached hydrogens (tertiary/aromatic N) is 3. The van der Waals surface area contributed by atoms with Crippen molar-refractivity contribution in [2.75, 3.05) is 30.0 Å². The number of pyridine rings is 1. The van der Waals surface area contributed by atoms with Crippen molar-refractivity contribution < 1.29 is 4.74 Å². The lowest BCUT2D eigenvalue weighted by Gasteiger charge is -2.36. The van der Waals surface area contributed by atoms with Crippen LogP contribution in [0.15, 0.2) is 48.7 Å². The SMILES string of the molecule is C[C@@H]1COCCN1c1cc([C@H]2CC[C@@H](c3ccccc3)CC2)c(C=N)c(Nc2cc[nH]n2)n1. The number of nitrogens with one attached hydrogen (secondary N) is 3. The van der Waals surface area contributed by atoms with E-state index in [9.17, 15) is 0 Å². The fraction of sp³-hybridized carbons (Fsp3) is 0.423. The van der Waals surface area contributed by atoms with Gasteiger partial charge < -0.3 is 20.4 Å². The van der Waals surface area contributed by atoms with E-state index in [1.54, 1.807) is 6.20 Å². The minimum atomic E-state index is 0.261. The van der Waals surface area contributed by atoms with Crippen LogP contribution in [-0.2, 0) is 4.74 Å². The number of morpholine rings is 1. The first-order valence-corrected chi connectivity index (χ1v) is 11.9. The Kier molecular flexibility index (Phi) is 6.39. The first-order valence-electron chi connectivity index (χ1n) is 11.9. The van der Waals surface area contributed by atoms with E-state index in [2.05, 4.69) is 63.7 Å². The second-order valence-corrected chi connectivity index (χ2v) is 9.14. The van der Waals surface area contributed by atoms with Crippen LogP contribution in [0.4, 0.5) is 17.5 Å². The lowest BCUT2D eigenvalue weighted by atomic mass is 9.75. The number of H-pyrrole nitrogens is 1. The van der Waals surface area contributed by atoms with Crippen LogP contribution in [0, 0.1) is 5.41 Å². The van der Waals surface area contributed by atoms with Crippen molar-refractivity contribution in [2.24, 2.45) is 0 Å². The van der Waals surface area contributed by atoms with Crippen LogP contribution in [-0.4, -0.2) is 47.2 Å². The highest BCUT2D eigenvalue weighted by atomic mass is 16.5. The highest BCUT2D eigenvalue weighted by Gasteiger charge is 2.28. The molecule has 0 unspecified atom stereocenters. The van der Waals surface area contributed by atoms with Crippen LogP contribution in [0.5, 0.6) is 0 Å². The third kappa shape index (κ3) is 4.64. The largest absolute Gasteiger partial charge is 0.377 e. The van der Waals surface area contributed by atoms with Crippen molar-refractivity contribution in [1.82, 2.24) is 15.2 Å². The Morgan fingerprint density at radius 3 is 2.61 bits per heavy atom. The third-order valence-corrected chi connectivity index (χ3v) is 7.07. The third-order valence-electron chi connectivity index (χ3n) is 7.07. The molecule has 1 atom stereocenters. The molecule has 1 aromatic carbocycles. The molecular formula is C26H32N6O. The van der Waals surface area contributed by atoms with Crippen molar-refractivity contribution in [3.05, 3.63) is 65.4 Å². The van der Waals surface area contributed by atoms with Crippen LogP contribution >= 0.6 is 0 Å².